The zero-order valence-corrected chi connectivity index (χ0v) is 10.1. The Labute approximate surface area is 102 Å². The van der Waals surface area contributed by atoms with E-state index in [0.29, 0.717) is 0 Å². The first-order valence-corrected chi connectivity index (χ1v) is 5.78. The minimum Gasteiger partial charge on any atom is -0.374 e. The van der Waals surface area contributed by atoms with E-state index in [0.717, 1.165) is 17.7 Å². The molecule has 0 aliphatic rings. The van der Waals surface area contributed by atoms with Crippen LogP contribution in [0.2, 0.25) is 0 Å². The van der Waals surface area contributed by atoms with Crippen molar-refractivity contribution in [1.82, 2.24) is 9.97 Å². The van der Waals surface area contributed by atoms with E-state index in [-0.39, 0.29) is 6.10 Å². The van der Waals surface area contributed by atoms with Crippen LogP contribution in [0.15, 0.2) is 43.0 Å². The van der Waals surface area contributed by atoms with Gasteiger partial charge in [-0.05, 0) is 25.0 Å². The van der Waals surface area contributed by atoms with Gasteiger partial charge in [0.05, 0.1) is 6.10 Å². The van der Waals surface area contributed by atoms with E-state index >= 15 is 0 Å². The molecule has 3 nitrogen and oxygen atoms in total. The van der Waals surface area contributed by atoms with Gasteiger partial charge in [0.25, 0.3) is 0 Å². The molecule has 88 valence electrons. The molecule has 1 aromatic carbocycles. The summed E-state index contributed by atoms with van der Waals surface area (Å²) in [4.78, 5) is 8.02. The molecule has 0 radical (unpaired) electrons. The molecule has 1 atom stereocenters. The number of aromatic nitrogens is 2. The summed E-state index contributed by atoms with van der Waals surface area (Å²) >= 11 is 0. The first kappa shape index (κ1) is 11.7. The standard InChI is InChI=1S/C14H16N2O/c1-3-17-11(2)12-4-6-13(7-5-12)14-8-15-10-16-9-14/h4-11H,3H2,1-2H3. The smallest absolute Gasteiger partial charge is 0.115 e. The topological polar surface area (TPSA) is 35.0 Å². The fraction of sp³-hybridized carbons (Fsp3) is 0.286. The highest BCUT2D eigenvalue weighted by Crippen LogP contribution is 2.22. The van der Waals surface area contributed by atoms with Gasteiger partial charge >= 0.3 is 0 Å². The summed E-state index contributed by atoms with van der Waals surface area (Å²) in [5.74, 6) is 0. The van der Waals surface area contributed by atoms with Gasteiger partial charge in [-0.15, -0.1) is 0 Å². The third kappa shape index (κ3) is 2.88. The van der Waals surface area contributed by atoms with Gasteiger partial charge in [-0.1, -0.05) is 24.3 Å². The van der Waals surface area contributed by atoms with E-state index in [1.54, 1.807) is 0 Å². The van der Waals surface area contributed by atoms with Crippen LogP contribution in [-0.2, 0) is 4.74 Å². The molecule has 0 aliphatic heterocycles. The molecule has 3 heteroatoms. The molecule has 2 aromatic rings. The first-order chi connectivity index (χ1) is 8.31. The molecule has 2 rings (SSSR count). The fourth-order valence-electron chi connectivity index (χ4n) is 1.74. The fourth-order valence-corrected chi connectivity index (χ4v) is 1.74. The lowest BCUT2D eigenvalue weighted by Gasteiger charge is -2.12. The van der Waals surface area contributed by atoms with Crippen LogP contribution in [0.25, 0.3) is 11.1 Å². The lowest BCUT2D eigenvalue weighted by Crippen LogP contribution is -1.98. The Morgan fingerprint density at radius 2 is 1.71 bits per heavy atom. The summed E-state index contributed by atoms with van der Waals surface area (Å²) in [5, 5.41) is 0. The summed E-state index contributed by atoms with van der Waals surface area (Å²) in [6.07, 6.45) is 5.30. The minimum absolute atomic E-state index is 0.140. The van der Waals surface area contributed by atoms with E-state index in [2.05, 4.69) is 41.2 Å². The summed E-state index contributed by atoms with van der Waals surface area (Å²) in [6, 6.07) is 8.32. The van der Waals surface area contributed by atoms with Crippen molar-refractivity contribution in [2.45, 2.75) is 20.0 Å². The Morgan fingerprint density at radius 3 is 2.29 bits per heavy atom. The van der Waals surface area contributed by atoms with Crippen molar-refractivity contribution in [3.05, 3.63) is 48.5 Å². The summed E-state index contributed by atoms with van der Waals surface area (Å²) in [5.41, 5.74) is 3.34. The maximum Gasteiger partial charge on any atom is 0.115 e. The predicted molar refractivity (Wildman–Crippen MR) is 67.5 cm³/mol. The van der Waals surface area contributed by atoms with Crippen molar-refractivity contribution in [3.63, 3.8) is 0 Å². The Balaban J connectivity index is 2.19. The van der Waals surface area contributed by atoms with Gasteiger partial charge in [-0.25, -0.2) is 9.97 Å². The molecule has 1 unspecified atom stereocenters. The Kier molecular flexibility index (Phi) is 3.83. The normalized spacial score (nSPS) is 12.4. The van der Waals surface area contributed by atoms with Gasteiger partial charge in [0, 0.05) is 24.6 Å². The second-order valence-electron chi connectivity index (χ2n) is 3.85. The highest BCUT2D eigenvalue weighted by atomic mass is 16.5. The van der Waals surface area contributed by atoms with Crippen LogP contribution in [0.5, 0.6) is 0 Å². The number of rotatable bonds is 4. The van der Waals surface area contributed by atoms with E-state index in [1.807, 2.05) is 19.3 Å². The van der Waals surface area contributed by atoms with E-state index in [4.69, 9.17) is 4.74 Å². The van der Waals surface area contributed by atoms with Crippen LogP contribution >= 0.6 is 0 Å². The molecule has 17 heavy (non-hydrogen) atoms. The predicted octanol–water partition coefficient (Wildman–Crippen LogP) is 3.24. The average Bonchev–Trinajstić information content (AvgIpc) is 2.40. The van der Waals surface area contributed by atoms with Crippen LogP contribution in [-0.4, -0.2) is 16.6 Å². The number of ether oxygens (including phenoxy) is 1. The van der Waals surface area contributed by atoms with Crippen molar-refractivity contribution >= 4 is 0 Å². The van der Waals surface area contributed by atoms with Crippen LogP contribution in [0.3, 0.4) is 0 Å². The first-order valence-electron chi connectivity index (χ1n) is 5.78. The Bertz CT molecular complexity index is 453. The monoisotopic (exact) mass is 228 g/mol. The largest absolute Gasteiger partial charge is 0.374 e. The van der Waals surface area contributed by atoms with E-state index in [1.165, 1.54) is 11.9 Å². The summed E-state index contributed by atoms with van der Waals surface area (Å²) < 4.78 is 5.55. The Hall–Kier alpha value is -1.74. The summed E-state index contributed by atoms with van der Waals surface area (Å²) in [6.45, 7) is 4.80. The minimum atomic E-state index is 0.140. The van der Waals surface area contributed by atoms with E-state index in [9.17, 15) is 0 Å². The molecule has 0 saturated heterocycles. The molecule has 1 heterocycles. The van der Waals surface area contributed by atoms with Gasteiger partial charge in [-0.3, -0.25) is 0 Å². The molecule has 0 amide bonds. The maximum absolute atomic E-state index is 5.55. The SMILES string of the molecule is CCOC(C)c1ccc(-c2cncnc2)cc1. The van der Waals surface area contributed by atoms with Gasteiger partial charge in [0.15, 0.2) is 0 Å². The number of nitrogens with zero attached hydrogens (tertiary/aromatic N) is 2. The number of benzene rings is 1. The zero-order chi connectivity index (χ0) is 12.1. The molecule has 1 aromatic heterocycles. The molecule has 0 fully saturated rings. The summed E-state index contributed by atoms with van der Waals surface area (Å²) in [7, 11) is 0. The van der Waals surface area contributed by atoms with Gasteiger partial charge in [0.2, 0.25) is 0 Å². The lowest BCUT2D eigenvalue weighted by atomic mass is 10.0. The second kappa shape index (κ2) is 5.55. The molecule has 0 spiro atoms. The van der Waals surface area contributed by atoms with Crippen molar-refractivity contribution in [1.29, 1.82) is 0 Å². The van der Waals surface area contributed by atoms with Crippen molar-refractivity contribution in [2.24, 2.45) is 0 Å². The number of hydrogen-bond acceptors (Lipinski definition) is 3. The quantitative estimate of drug-likeness (QED) is 0.805. The van der Waals surface area contributed by atoms with Gasteiger partial charge in [-0.2, -0.15) is 0 Å². The molecule has 0 saturated carbocycles. The van der Waals surface area contributed by atoms with Crippen LogP contribution < -0.4 is 0 Å². The van der Waals surface area contributed by atoms with Crippen LogP contribution in [0.4, 0.5) is 0 Å². The lowest BCUT2D eigenvalue weighted by molar-refractivity contribution is 0.0764. The third-order valence-electron chi connectivity index (χ3n) is 2.69. The van der Waals surface area contributed by atoms with Crippen LogP contribution in [0.1, 0.15) is 25.5 Å². The molecular weight excluding hydrogens is 212 g/mol. The second-order valence-corrected chi connectivity index (χ2v) is 3.85. The van der Waals surface area contributed by atoms with Crippen molar-refractivity contribution < 1.29 is 4.74 Å². The maximum atomic E-state index is 5.55. The highest BCUT2D eigenvalue weighted by molar-refractivity contribution is 5.61. The number of hydrogen-bond donors (Lipinski definition) is 0. The van der Waals surface area contributed by atoms with Crippen LogP contribution in [0, 0.1) is 0 Å². The van der Waals surface area contributed by atoms with Crippen molar-refractivity contribution in [2.75, 3.05) is 6.61 Å². The third-order valence-corrected chi connectivity index (χ3v) is 2.69. The van der Waals surface area contributed by atoms with Gasteiger partial charge < -0.3 is 4.74 Å². The average molecular weight is 228 g/mol. The molecule has 0 aliphatic carbocycles. The molecule has 0 N–H and O–H groups in total. The Morgan fingerprint density at radius 1 is 1.06 bits per heavy atom. The zero-order valence-electron chi connectivity index (χ0n) is 10.1. The van der Waals surface area contributed by atoms with Crippen molar-refractivity contribution in [3.8, 4) is 11.1 Å². The molecular formula is C14H16N2O. The van der Waals surface area contributed by atoms with Gasteiger partial charge in [0.1, 0.15) is 6.33 Å². The van der Waals surface area contributed by atoms with E-state index < -0.39 is 0 Å². The molecule has 0 bridgehead atoms. The highest BCUT2D eigenvalue weighted by Gasteiger charge is 2.05.